The summed E-state index contributed by atoms with van der Waals surface area (Å²) < 4.78 is 13.3. The number of pyridine rings is 1. The van der Waals surface area contributed by atoms with Crippen molar-refractivity contribution in [3.05, 3.63) is 71.3 Å². The maximum absolute atomic E-state index is 13.3. The van der Waals surface area contributed by atoms with Crippen molar-refractivity contribution >= 4 is 6.08 Å². The predicted molar refractivity (Wildman–Crippen MR) is 86.8 cm³/mol. The molecule has 22 heavy (non-hydrogen) atoms. The summed E-state index contributed by atoms with van der Waals surface area (Å²) in [7, 11) is 0. The topological polar surface area (TPSA) is 12.9 Å². The zero-order valence-corrected chi connectivity index (χ0v) is 12.8. The molecule has 2 heteroatoms. The smallest absolute Gasteiger partial charge is 0.123 e. The van der Waals surface area contributed by atoms with Crippen LogP contribution in [-0.2, 0) is 5.41 Å². The summed E-state index contributed by atoms with van der Waals surface area (Å²) in [6.07, 6.45) is 7.61. The van der Waals surface area contributed by atoms with Gasteiger partial charge in [0.05, 0.1) is 5.69 Å². The molecule has 2 aromatic rings. The van der Waals surface area contributed by atoms with E-state index in [2.05, 4.69) is 24.1 Å². The summed E-state index contributed by atoms with van der Waals surface area (Å²) in [5.41, 5.74) is 3.86. The number of halogens is 1. The molecule has 0 N–H and O–H groups in total. The molecule has 2 bridgehead atoms. The largest absolute Gasteiger partial charge is 0.257 e. The van der Waals surface area contributed by atoms with Crippen LogP contribution < -0.4 is 0 Å². The first-order chi connectivity index (χ1) is 10.7. The number of rotatable bonds is 2. The zero-order valence-electron chi connectivity index (χ0n) is 12.8. The fraction of sp³-hybridized carbons (Fsp3) is 0.350. The maximum atomic E-state index is 13.3. The molecule has 2 fully saturated rings. The number of hydrogen-bond donors (Lipinski definition) is 0. The van der Waals surface area contributed by atoms with Crippen LogP contribution in [0.2, 0.25) is 0 Å². The molecule has 1 aromatic heterocycles. The number of aromatic nitrogens is 1. The Bertz CT molecular complexity index is 700. The van der Waals surface area contributed by atoms with Crippen LogP contribution in [0, 0.1) is 17.7 Å². The van der Waals surface area contributed by atoms with Crippen LogP contribution in [0.3, 0.4) is 0 Å². The van der Waals surface area contributed by atoms with Crippen molar-refractivity contribution in [3.8, 4) is 0 Å². The van der Waals surface area contributed by atoms with Crippen LogP contribution in [-0.4, -0.2) is 4.98 Å². The summed E-state index contributed by atoms with van der Waals surface area (Å²) >= 11 is 0. The highest BCUT2D eigenvalue weighted by atomic mass is 19.1. The Morgan fingerprint density at radius 1 is 1.14 bits per heavy atom. The molecule has 0 aliphatic heterocycles. The molecular weight excluding hydrogens is 273 g/mol. The third-order valence-corrected chi connectivity index (χ3v) is 5.59. The van der Waals surface area contributed by atoms with Gasteiger partial charge in [-0.2, -0.15) is 0 Å². The van der Waals surface area contributed by atoms with E-state index >= 15 is 0 Å². The number of fused-ring (bicyclic) bond motifs is 2. The minimum absolute atomic E-state index is 0.0926. The average Bonchev–Trinajstić information content (AvgIpc) is 3.04. The van der Waals surface area contributed by atoms with Gasteiger partial charge in [0.1, 0.15) is 5.82 Å². The summed E-state index contributed by atoms with van der Waals surface area (Å²) in [6, 6.07) is 13.2. The van der Waals surface area contributed by atoms with Gasteiger partial charge in [0.25, 0.3) is 0 Å². The third kappa shape index (κ3) is 2.09. The van der Waals surface area contributed by atoms with Crippen molar-refractivity contribution in [2.75, 3.05) is 0 Å². The zero-order chi connectivity index (χ0) is 15.2. The molecule has 2 aliphatic rings. The van der Waals surface area contributed by atoms with Crippen LogP contribution in [0.15, 0.2) is 54.2 Å². The van der Waals surface area contributed by atoms with E-state index in [1.54, 1.807) is 12.1 Å². The molecule has 0 amide bonds. The number of allylic oxidation sites excluding steroid dienone is 1. The second kappa shape index (κ2) is 5.05. The molecule has 0 spiro atoms. The highest BCUT2D eigenvalue weighted by molar-refractivity contribution is 5.57. The second-order valence-electron chi connectivity index (χ2n) is 6.86. The van der Waals surface area contributed by atoms with Gasteiger partial charge in [0, 0.05) is 11.6 Å². The highest BCUT2D eigenvalue weighted by Crippen LogP contribution is 2.61. The first-order valence-corrected chi connectivity index (χ1v) is 8.05. The van der Waals surface area contributed by atoms with Crippen LogP contribution >= 0.6 is 0 Å². The van der Waals surface area contributed by atoms with Gasteiger partial charge >= 0.3 is 0 Å². The molecule has 0 radical (unpaired) electrons. The SMILES string of the molecule is C[C@H]1C[C@@]2(c3ccc(F)cc3)C[C@@H]1C/C2=C\c1ccccn1. The van der Waals surface area contributed by atoms with Gasteiger partial charge in [-0.25, -0.2) is 4.39 Å². The molecule has 1 aromatic carbocycles. The van der Waals surface area contributed by atoms with Gasteiger partial charge in [-0.1, -0.05) is 30.7 Å². The lowest BCUT2D eigenvalue weighted by atomic mass is 9.71. The lowest BCUT2D eigenvalue weighted by Crippen LogP contribution is -2.24. The first-order valence-electron chi connectivity index (χ1n) is 8.05. The van der Waals surface area contributed by atoms with Gasteiger partial charge in [-0.3, -0.25) is 4.98 Å². The molecule has 1 heterocycles. The van der Waals surface area contributed by atoms with E-state index in [9.17, 15) is 4.39 Å². The van der Waals surface area contributed by atoms with Crippen molar-refractivity contribution in [1.29, 1.82) is 0 Å². The van der Waals surface area contributed by atoms with Crippen molar-refractivity contribution in [1.82, 2.24) is 4.98 Å². The van der Waals surface area contributed by atoms with E-state index in [1.165, 1.54) is 24.0 Å². The molecule has 3 atom stereocenters. The average molecular weight is 293 g/mol. The minimum Gasteiger partial charge on any atom is -0.257 e. The quantitative estimate of drug-likeness (QED) is 0.760. The molecule has 1 nitrogen and oxygen atoms in total. The summed E-state index contributed by atoms with van der Waals surface area (Å²) in [4.78, 5) is 4.45. The molecule has 2 saturated carbocycles. The molecule has 112 valence electrons. The molecular formula is C20H20FN. The van der Waals surface area contributed by atoms with Crippen molar-refractivity contribution < 1.29 is 4.39 Å². The Balaban J connectivity index is 1.79. The van der Waals surface area contributed by atoms with E-state index in [4.69, 9.17) is 0 Å². The predicted octanol–water partition coefficient (Wildman–Crippen LogP) is 4.99. The van der Waals surface area contributed by atoms with Crippen LogP contribution in [0.1, 0.15) is 37.4 Å². The van der Waals surface area contributed by atoms with E-state index < -0.39 is 0 Å². The van der Waals surface area contributed by atoms with Gasteiger partial charge < -0.3 is 0 Å². The second-order valence-corrected chi connectivity index (χ2v) is 6.86. The highest BCUT2D eigenvalue weighted by Gasteiger charge is 2.52. The van der Waals surface area contributed by atoms with E-state index in [0.717, 1.165) is 24.0 Å². The third-order valence-electron chi connectivity index (χ3n) is 5.59. The fourth-order valence-corrected chi connectivity index (χ4v) is 4.49. The monoisotopic (exact) mass is 293 g/mol. The van der Waals surface area contributed by atoms with E-state index in [-0.39, 0.29) is 11.2 Å². The molecule has 0 unspecified atom stereocenters. The van der Waals surface area contributed by atoms with Gasteiger partial charge in [-0.15, -0.1) is 0 Å². The standard InChI is InChI=1S/C20H20FN/c1-14-12-20(16-5-7-18(21)8-6-16)13-15(14)10-17(20)11-19-4-2-3-9-22-19/h2-9,11,14-15H,10,12-13H2,1H3/b17-11+/t14-,15-,20-/m0/s1. The molecule has 4 rings (SSSR count). The number of nitrogens with zero attached hydrogens (tertiary/aromatic N) is 1. The van der Waals surface area contributed by atoms with E-state index in [0.29, 0.717) is 0 Å². The summed E-state index contributed by atoms with van der Waals surface area (Å²) in [5, 5.41) is 0. The Hall–Kier alpha value is -1.96. The van der Waals surface area contributed by atoms with Crippen LogP contribution in [0.4, 0.5) is 4.39 Å². The maximum Gasteiger partial charge on any atom is 0.123 e. The first kappa shape index (κ1) is 13.7. The molecule has 0 saturated heterocycles. The fourth-order valence-electron chi connectivity index (χ4n) is 4.49. The van der Waals surface area contributed by atoms with Crippen LogP contribution in [0.25, 0.3) is 6.08 Å². The van der Waals surface area contributed by atoms with Crippen molar-refractivity contribution in [2.24, 2.45) is 11.8 Å². The lowest BCUT2D eigenvalue weighted by molar-refractivity contribution is 0.393. The normalized spacial score (nSPS) is 31.8. The van der Waals surface area contributed by atoms with Crippen molar-refractivity contribution in [2.45, 2.75) is 31.6 Å². The number of hydrogen-bond acceptors (Lipinski definition) is 1. The summed E-state index contributed by atoms with van der Waals surface area (Å²) in [5.74, 6) is 1.34. The Morgan fingerprint density at radius 3 is 2.64 bits per heavy atom. The Morgan fingerprint density at radius 2 is 1.95 bits per heavy atom. The summed E-state index contributed by atoms with van der Waals surface area (Å²) in [6.45, 7) is 2.35. The molecule has 2 aliphatic carbocycles. The van der Waals surface area contributed by atoms with Gasteiger partial charge in [-0.05, 0) is 67.0 Å². The lowest BCUT2D eigenvalue weighted by Gasteiger charge is -2.32. The Kier molecular flexibility index (Phi) is 3.14. The van der Waals surface area contributed by atoms with Gasteiger partial charge in [0.2, 0.25) is 0 Å². The van der Waals surface area contributed by atoms with Gasteiger partial charge in [0.15, 0.2) is 0 Å². The Labute approximate surface area is 130 Å². The van der Waals surface area contributed by atoms with Crippen molar-refractivity contribution in [3.63, 3.8) is 0 Å². The van der Waals surface area contributed by atoms with Crippen LogP contribution in [0.5, 0.6) is 0 Å². The number of benzene rings is 1. The minimum atomic E-state index is -0.156. The van der Waals surface area contributed by atoms with E-state index in [1.807, 2.05) is 30.5 Å².